The summed E-state index contributed by atoms with van der Waals surface area (Å²) >= 11 is 1.81. The van der Waals surface area contributed by atoms with Crippen LogP contribution in [0, 0.1) is 0 Å². The number of piperidine rings is 1. The van der Waals surface area contributed by atoms with Gasteiger partial charge in [-0.15, -0.1) is 0 Å². The fraction of sp³-hybridized carbons (Fsp3) is 0.318. The molecule has 0 aliphatic carbocycles. The Kier molecular flexibility index (Phi) is 4.72. The maximum Gasteiger partial charge on any atom is 0.128 e. The van der Waals surface area contributed by atoms with Crippen molar-refractivity contribution in [2.24, 2.45) is 0 Å². The summed E-state index contributed by atoms with van der Waals surface area (Å²) in [6, 6.07) is 12.5. The predicted molar refractivity (Wildman–Crippen MR) is 110 cm³/mol. The smallest absolute Gasteiger partial charge is 0.128 e. The Morgan fingerprint density at radius 2 is 1.93 bits per heavy atom. The molecule has 6 heteroatoms. The van der Waals surface area contributed by atoms with Crippen molar-refractivity contribution in [3.63, 3.8) is 0 Å². The molecule has 0 aromatic carbocycles. The van der Waals surface area contributed by atoms with Gasteiger partial charge in [-0.25, -0.2) is 14.4 Å². The van der Waals surface area contributed by atoms with Crippen molar-refractivity contribution in [1.29, 1.82) is 0 Å². The number of alkyl halides is 1. The summed E-state index contributed by atoms with van der Waals surface area (Å²) in [5.74, 6) is 0.919. The molecule has 0 saturated carbocycles. The van der Waals surface area contributed by atoms with Crippen molar-refractivity contribution < 1.29 is 4.39 Å². The molecule has 1 atom stereocenters. The topological polar surface area (TPSA) is 41.9 Å². The van der Waals surface area contributed by atoms with Crippen molar-refractivity contribution in [3.8, 4) is 11.3 Å². The van der Waals surface area contributed by atoms with E-state index in [1.54, 1.807) is 0 Å². The van der Waals surface area contributed by atoms with Gasteiger partial charge >= 0.3 is 0 Å². The van der Waals surface area contributed by atoms with E-state index in [9.17, 15) is 4.39 Å². The van der Waals surface area contributed by atoms with E-state index in [2.05, 4.69) is 39.1 Å². The Morgan fingerprint density at radius 1 is 1.04 bits per heavy atom. The van der Waals surface area contributed by atoms with E-state index >= 15 is 0 Å². The van der Waals surface area contributed by atoms with Crippen molar-refractivity contribution >= 4 is 17.6 Å². The zero-order valence-corrected chi connectivity index (χ0v) is 16.3. The number of hydrogen-bond acceptors (Lipinski definition) is 5. The third kappa shape index (κ3) is 3.49. The Morgan fingerprint density at radius 3 is 2.68 bits per heavy atom. The molecule has 0 spiro atoms. The second kappa shape index (κ2) is 7.51. The van der Waals surface area contributed by atoms with E-state index in [0.717, 1.165) is 41.6 Å². The summed E-state index contributed by atoms with van der Waals surface area (Å²) in [4.78, 5) is 15.9. The molecule has 0 N–H and O–H groups in total. The molecule has 0 radical (unpaired) electrons. The Labute approximate surface area is 168 Å². The molecule has 1 saturated heterocycles. The molecule has 3 aromatic rings. The van der Waals surface area contributed by atoms with Crippen LogP contribution in [0.15, 0.2) is 60.0 Å². The Hall–Kier alpha value is -2.47. The minimum atomic E-state index is -0.667. The largest absolute Gasteiger partial charge is 0.356 e. The summed E-state index contributed by atoms with van der Waals surface area (Å²) in [5.41, 5.74) is 4.49. The summed E-state index contributed by atoms with van der Waals surface area (Å²) in [6.45, 7) is 1.47. The summed E-state index contributed by atoms with van der Waals surface area (Å²) in [5, 5.41) is 1.48. The SMILES string of the molecule is FC1CCN(c2ccc(-c3ccc4c(n3)SC(c3cccnc3)C4)cn2)CC1. The van der Waals surface area contributed by atoms with Crippen LogP contribution >= 0.6 is 11.8 Å². The highest BCUT2D eigenvalue weighted by Crippen LogP contribution is 2.45. The number of thioether (sulfide) groups is 1. The first-order valence-corrected chi connectivity index (χ1v) is 10.6. The highest BCUT2D eigenvalue weighted by Gasteiger charge is 2.25. The van der Waals surface area contributed by atoms with Crippen molar-refractivity contribution in [2.75, 3.05) is 18.0 Å². The maximum absolute atomic E-state index is 13.3. The lowest BCUT2D eigenvalue weighted by Crippen LogP contribution is -2.34. The van der Waals surface area contributed by atoms with Crippen molar-refractivity contribution in [2.45, 2.75) is 35.7 Å². The number of hydrogen-bond donors (Lipinski definition) is 0. The molecular weight excluding hydrogens is 371 g/mol. The highest BCUT2D eigenvalue weighted by atomic mass is 32.2. The molecule has 1 unspecified atom stereocenters. The van der Waals surface area contributed by atoms with Gasteiger partial charge in [0.25, 0.3) is 0 Å². The van der Waals surface area contributed by atoms with E-state index in [1.807, 2.05) is 42.5 Å². The monoisotopic (exact) mass is 392 g/mol. The van der Waals surface area contributed by atoms with Gasteiger partial charge in [0.1, 0.15) is 17.0 Å². The number of aromatic nitrogens is 3. The molecule has 0 bridgehead atoms. The second-order valence-electron chi connectivity index (χ2n) is 7.32. The number of pyridine rings is 3. The van der Waals surface area contributed by atoms with Crippen LogP contribution in [0.1, 0.15) is 29.2 Å². The lowest BCUT2D eigenvalue weighted by Gasteiger charge is -2.29. The lowest BCUT2D eigenvalue weighted by atomic mass is 10.1. The molecule has 5 rings (SSSR count). The molecule has 2 aliphatic rings. The average Bonchev–Trinajstić information content (AvgIpc) is 3.19. The van der Waals surface area contributed by atoms with Gasteiger partial charge in [-0.2, -0.15) is 0 Å². The van der Waals surface area contributed by atoms with Gasteiger partial charge < -0.3 is 4.90 Å². The first kappa shape index (κ1) is 17.6. The fourth-order valence-corrected chi connectivity index (χ4v) is 5.08. The summed E-state index contributed by atoms with van der Waals surface area (Å²) in [7, 11) is 0. The zero-order valence-electron chi connectivity index (χ0n) is 15.5. The highest BCUT2D eigenvalue weighted by molar-refractivity contribution is 7.99. The first-order chi connectivity index (χ1) is 13.8. The van der Waals surface area contributed by atoms with Crippen LogP contribution in [-0.4, -0.2) is 34.2 Å². The van der Waals surface area contributed by atoms with Crippen LogP contribution in [0.4, 0.5) is 10.2 Å². The van der Waals surface area contributed by atoms with Gasteiger partial charge in [0.15, 0.2) is 0 Å². The fourth-order valence-electron chi connectivity index (χ4n) is 3.82. The van der Waals surface area contributed by atoms with Crippen LogP contribution in [0.2, 0.25) is 0 Å². The number of anilines is 1. The van der Waals surface area contributed by atoms with Gasteiger partial charge in [-0.1, -0.05) is 23.9 Å². The molecule has 3 aromatic heterocycles. The van der Waals surface area contributed by atoms with E-state index < -0.39 is 6.17 Å². The molecule has 2 aliphatic heterocycles. The first-order valence-electron chi connectivity index (χ1n) is 9.68. The minimum absolute atomic E-state index is 0.380. The van der Waals surface area contributed by atoms with Gasteiger partial charge in [0, 0.05) is 42.5 Å². The van der Waals surface area contributed by atoms with E-state index in [0.29, 0.717) is 18.1 Å². The molecule has 1 fully saturated rings. The van der Waals surface area contributed by atoms with Crippen LogP contribution in [0.5, 0.6) is 0 Å². The maximum atomic E-state index is 13.3. The third-order valence-electron chi connectivity index (χ3n) is 5.45. The lowest BCUT2D eigenvalue weighted by molar-refractivity contribution is 0.277. The number of halogens is 1. The van der Waals surface area contributed by atoms with Gasteiger partial charge in [0.05, 0.1) is 5.69 Å². The van der Waals surface area contributed by atoms with Crippen molar-refractivity contribution in [1.82, 2.24) is 15.0 Å². The predicted octanol–water partition coefficient (Wildman–Crippen LogP) is 4.87. The molecule has 28 heavy (non-hydrogen) atoms. The van der Waals surface area contributed by atoms with Crippen molar-refractivity contribution in [3.05, 3.63) is 66.1 Å². The average molecular weight is 393 g/mol. The van der Waals surface area contributed by atoms with Gasteiger partial charge in [0.2, 0.25) is 0 Å². The number of rotatable bonds is 3. The molecule has 5 heterocycles. The molecule has 4 nitrogen and oxygen atoms in total. The van der Waals surface area contributed by atoms with E-state index in [4.69, 9.17) is 4.98 Å². The third-order valence-corrected chi connectivity index (χ3v) is 6.75. The Bertz CT molecular complexity index is 956. The standard InChI is InChI=1S/C22H21FN4S/c23-18-7-10-27(11-8-18)21-6-4-16(14-25-21)19-5-3-15-12-20(28-22(15)26-19)17-2-1-9-24-13-17/h1-6,9,13-14,18,20H,7-8,10-12H2. The van der Waals surface area contributed by atoms with Gasteiger partial charge in [-0.3, -0.25) is 4.98 Å². The Balaban J connectivity index is 1.33. The minimum Gasteiger partial charge on any atom is -0.356 e. The number of fused-ring (bicyclic) bond motifs is 1. The van der Waals surface area contributed by atoms with E-state index in [-0.39, 0.29) is 0 Å². The quantitative estimate of drug-likeness (QED) is 0.636. The number of nitrogens with zero attached hydrogens (tertiary/aromatic N) is 4. The van der Waals surface area contributed by atoms with Crippen LogP contribution in [0.3, 0.4) is 0 Å². The van der Waals surface area contributed by atoms with Gasteiger partial charge in [-0.05, 0) is 54.7 Å². The van der Waals surface area contributed by atoms with E-state index in [1.165, 1.54) is 11.1 Å². The molecule has 142 valence electrons. The summed E-state index contributed by atoms with van der Waals surface area (Å²) < 4.78 is 13.3. The summed E-state index contributed by atoms with van der Waals surface area (Å²) in [6.07, 6.45) is 7.13. The van der Waals surface area contributed by atoms with Crippen LogP contribution in [0.25, 0.3) is 11.3 Å². The normalized spacial score (nSPS) is 19.6. The zero-order chi connectivity index (χ0) is 18.9. The molecule has 0 amide bonds. The molecular formula is C22H21FN4S. The second-order valence-corrected chi connectivity index (χ2v) is 8.52. The van der Waals surface area contributed by atoms with Crippen LogP contribution < -0.4 is 4.90 Å². The van der Waals surface area contributed by atoms with Crippen LogP contribution in [-0.2, 0) is 6.42 Å².